The molecule has 98 valence electrons. The quantitative estimate of drug-likeness (QED) is 0.888. The maximum atomic E-state index is 12.2. The number of aromatic nitrogens is 1. The van der Waals surface area contributed by atoms with Crippen molar-refractivity contribution in [2.45, 2.75) is 45.1 Å². The molecule has 2 rings (SSSR count). The standard InChI is InChI=1S/C14H20N2O2/c1-14(2)10-12(17)7-9-16(14)13(18)6-5-11-4-3-8-15-11/h3-4,8,15H,5-7,9-10H2,1-2H3. The molecule has 0 saturated carbocycles. The minimum absolute atomic E-state index is 0.141. The van der Waals surface area contributed by atoms with Crippen molar-refractivity contribution in [3.63, 3.8) is 0 Å². The number of Topliss-reactive ketones (excluding diaryl/α,β-unsaturated/α-hetero) is 1. The van der Waals surface area contributed by atoms with Crippen molar-refractivity contribution in [3.05, 3.63) is 24.0 Å². The number of piperidine rings is 1. The van der Waals surface area contributed by atoms with Crippen LogP contribution >= 0.6 is 0 Å². The molecule has 0 atom stereocenters. The number of nitrogens with zero attached hydrogens (tertiary/aromatic N) is 1. The second kappa shape index (κ2) is 4.96. The summed E-state index contributed by atoms with van der Waals surface area (Å²) >= 11 is 0. The Hall–Kier alpha value is -1.58. The zero-order valence-electron chi connectivity index (χ0n) is 11.0. The van der Waals surface area contributed by atoms with E-state index < -0.39 is 0 Å². The summed E-state index contributed by atoms with van der Waals surface area (Å²) in [4.78, 5) is 28.6. The van der Waals surface area contributed by atoms with Crippen LogP contribution in [0.5, 0.6) is 0 Å². The van der Waals surface area contributed by atoms with Gasteiger partial charge in [0.2, 0.25) is 5.91 Å². The van der Waals surface area contributed by atoms with Gasteiger partial charge in [0.25, 0.3) is 0 Å². The predicted octanol–water partition coefficient (Wildman–Crippen LogP) is 1.92. The lowest BCUT2D eigenvalue weighted by Gasteiger charge is -2.41. The van der Waals surface area contributed by atoms with Gasteiger partial charge < -0.3 is 9.88 Å². The van der Waals surface area contributed by atoms with Crippen LogP contribution < -0.4 is 0 Å². The molecule has 1 aromatic heterocycles. The fraction of sp³-hybridized carbons (Fsp3) is 0.571. The molecule has 0 spiro atoms. The van der Waals surface area contributed by atoms with Crippen LogP contribution in [-0.4, -0.2) is 33.7 Å². The van der Waals surface area contributed by atoms with E-state index in [0.717, 1.165) is 12.1 Å². The number of H-pyrrole nitrogens is 1. The third-order valence-corrected chi connectivity index (χ3v) is 3.55. The summed E-state index contributed by atoms with van der Waals surface area (Å²) in [5.74, 6) is 0.399. The monoisotopic (exact) mass is 248 g/mol. The van der Waals surface area contributed by atoms with E-state index in [1.54, 1.807) is 0 Å². The highest BCUT2D eigenvalue weighted by molar-refractivity contribution is 5.85. The van der Waals surface area contributed by atoms with Gasteiger partial charge in [-0.3, -0.25) is 9.59 Å². The van der Waals surface area contributed by atoms with Gasteiger partial charge in [0, 0.05) is 43.2 Å². The highest BCUT2D eigenvalue weighted by Gasteiger charge is 2.36. The molecule has 4 nitrogen and oxygen atoms in total. The minimum Gasteiger partial charge on any atom is -0.365 e. The lowest BCUT2D eigenvalue weighted by molar-refractivity contribution is -0.142. The Bertz CT molecular complexity index is 435. The number of aryl methyl sites for hydroxylation is 1. The van der Waals surface area contributed by atoms with E-state index >= 15 is 0 Å². The zero-order valence-corrected chi connectivity index (χ0v) is 11.0. The first kappa shape index (κ1) is 12.9. The number of amides is 1. The summed E-state index contributed by atoms with van der Waals surface area (Å²) < 4.78 is 0. The normalized spacial score (nSPS) is 19.0. The van der Waals surface area contributed by atoms with Gasteiger partial charge in [-0.05, 0) is 32.4 Å². The van der Waals surface area contributed by atoms with Crippen molar-refractivity contribution < 1.29 is 9.59 Å². The van der Waals surface area contributed by atoms with Crippen LogP contribution in [0, 0.1) is 0 Å². The molecule has 0 radical (unpaired) electrons. The second-order valence-corrected chi connectivity index (χ2v) is 5.52. The van der Waals surface area contributed by atoms with Crippen molar-refractivity contribution in [2.75, 3.05) is 6.54 Å². The number of hydrogen-bond donors (Lipinski definition) is 1. The molecule has 18 heavy (non-hydrogen) atoms. The Kier molecular flexibility index (Phi) is 3.55. The summed E-state index contributed by atoms with van der Waals surface area (Å²) in [6, 6.07) is 3.92. The Morgan fingerprint density at radius 1 is 1.50 bits per heavy atom. The highest BCUT2D eigenvalue weighted by atomic mass is 16.2. The lowest BCUT2D eigenvalue weighted by Crippen LogP contribution is -2.53. The highest BCUT2D eigenvalue weighted by Crippen LogP contribution is 2.26. The van der Waals surface area contributed by atoms with Crippen LogP contribution in [0.15, 0.2) is 18.3 Å². The van der Waals surface area contributed by atoms with E-state index in [-0.39, 0.29) is 17.2 Å². The van der Waals surface area contributed by atoms with Gasteiger partial charge in [-0.1, -0.05) is 0 Å². The number of ketones is 1. The first-order valence-electron chi connectivity index (χ1n) is 6.43. The molecule has 0 aliphatic carbocycles. The van der Waals surface area contributed by atoms with E-state index in [1.807, 2.05) is 37.1 Å². The Morgan fingerprint density at radius 2 is 2.28 bits per heavy atom. The molecule has 1 aliphatic heterocycles. The maximum absolute atomic E-state index is 12.2. The van der Waals surface area contributed by atoms with Gasteiger partial charge in [-0.25, -0.2) is 0 Å². The number of hydrogen-bond acceptors (Lipinski definition) is 2. The third-order valence-electron chi connectivity index (χ3n) is 3.55. The summed E-state index contributed by atoms with van der Waals surface area (Å²) in [7, 11) is 0. The van der Waals surface area contributed by atoms with Crippen molar-refractivity contribution in [1.29, 1.82) is 0 Å². The van der Waals surface area contributed by atoms with E-state index in [9.17, 15) is 9.59 Å². The Labute approximate surface area is 107 Å². The molecule has 4 heteroatoms. The molecule has 0 aromatic carbocycles. The molecule has 1 aromatic rings. The van der Waals surface area contributed by atoms with Crippen LogP contribution in [-0.2, 0) is 16.0 Å². The molecule has 1 saturated heterocycles. The van der Waals surface area contributed by atoms with Crippen LogP contribution in [0.4, 0.5) is 0 Å². The van der Waals surface area contributed by atoms with Crippen LogP contribution in [0.1, 0.15) is 38.8 Å². The fourth-order valence-corrected chi connectivity index (χ4v) is 2.57. The molecule has 2 heterocycles. The van der Waals surface area contributed by atoms with Gasteiger partial charge in [0.1, 0.15) is 5.78 Å². The molecule has 1 fully saturated rings. The van der Waals surface area contributed by atoms with Crippen molar-refractivity contribution in [2.24, 2.45) is 0 Å². The van der Waals surface area contributed by atoms with Gasteiger partial charge >= 0.3 is 0 Å². The maximum Gasteiger partial charge on any atom is 0.223 e. The van der Waals surface area contributed by atoms with Crippen molar-refractivity contribution >= 4 is 11.7 Å². The summed E-state index contributed by atoms with van der Waals surface area (Å²) in [6.07, 6.45) is 4.06. The third kappa shape index (κ3) is 2.81. The van der Waals surface area contributed by atoms with Gasteiger partial charge in [0.15, 0.2) is 0 Å². The summed E-state index contributed by atoms with van der Waals surface area (Å²) in [5.41, 5.74) is 0.747. The molecular formula is C14H20N2O2. The fourth-order valence-electron chi connectivity index (χ4n) is 2.57. The van der Waals surface area contributed by atoms with Gasteiger partial charge in [-0.15, -0.1) is 0 Å². The topological polar surface area (TPSA) is 53.2 Å². The van der Waals surface area contributed by atoms with E-state index in [4.69, 9.17) is 0 Å². The Balaban J connectivity index is 1.94. The SMILES string of the molecule is CC1(C)CC(=O)CCN1C(=O)CCc1ccc[nH]1. The van der Waals surface area contributed by atoms with E-state index in [1.165, 1.54) is 0 Å². The average Bonchev–Trinajstić information content (AvgIpc) is 2.77. The molecule has 1 N–H and O–H groups in total. The van der Waals surface area contributed by atoms with Crippen LogP contribution in [0.3, 0.4) is 0 Å². The minimum atomic E-state index is -0.331. The molecule has 1 aliphatic rings. The second-order valence-electron chi connectivity index (χ2n) is 5.52. The Morgan fingerprint density at radius 3 is 2.89 bits per heavy atom. The number of aromatic amines is 1. The molecule has 0 bridgehead atoms. The van der Waals surface area contributed by atoms with Gasteiger partial charge in [0.05, 0.1) is 0 Å². The van der Waals surface area contributed by atoms with Crippen molar-refractivity contribution in [1.82, 2.24) is 9.88 Å². The summed E-state index contributed by atoms with van der Waals surface area (Å²) in [5, 5.41) is 0. The van der Waals surface area contributed by atoms with Crippen LogP contribution in [0.25, 0.3) is 0 Å². The number of likely N-dealkylation sites (tertiary alicyclic amines) is 1. The summed E-state index contributed by atoms with van der Waals surface area (Å²) in [6.45, 7) is 4.50. The van der Waals surface area contributed by atoms with E-state index in [0.29, 0.717) is 25.8 Å². The molecular weight excluding hydrogens is 228 g/mol. The first-order valence-corrected chi connectivity index (χ1v) is 6.43. The number of rotatable bonds is 3. The van der Waals surface area contributed by atoms with Crippen molar-refractivity contribution in [3.8, 4) is 0 Å². The molecule has 1 amide bonds. The van der Waals surface area contributed by atoms with Gasteiger partial charge in [-0.2, -0.15) is 0 Å². The first-order chi connectivity index (χ1) is 8.49. The largest absolute Gasteiger partial charge is 0.365 e. The number of carbonyl (C=O) groups is 2. The average molecular weight is 248 g/mol. The number of carbonyl (C=O) groups excluding carboxylic acids is 2. The predicted molar refractivity (Wildman–Crippen MR) is 69.1 cm³/mol. The van der Waals surface area contributed by atoms with Crippen LogP contribution in [0.2, 0.25) is 0 Å². The molecule has 0 unspecified atom stereocenters. The number of nitrogens with one attached hydrogen (secondary N) is 1. The smallest absolute Gasteiger partial charge is 0.223 e. The zero-order chi connectivity index (χ0) is 13.2. The lowest BCUT2D eigenvalue weighted by atomic mass is 9.89. The van der Waals surface area contributed by atoms with E-state index in [2.05, 4.69) is 4.98 Å².